The van der Waals surface area contributed by atoms with Crippen LogP contribution in [0.15, 0.2) is 84.9 Å². The van der Waals surface area contributed by atoms with Gasteiger partial charge in [0.2, 0.25) is 0 Å². The first-order valence-electron chi connectivity index (χ1n) is 13.2. The first kappa shape index (κ1) is 33.3. The highest BCUT2D eigenvalue weighted by Gasteiger charge is 2.47. The van der Waals surface area contributed by atoms with Crippen molar-refractivity contribution in [3.05, 3.63) is 124 Å². The van der Waals surface area contributed by atoms with Gasteiger partial charge in [0.1, 0.15) is 17.4 Å². The average Bonchev–Trinajstić information content (AvgIpc) is 3.29. The van der Waals surface area contributed by atoms with Crippen molar-refractivity contribution >= 4 is 5.91 Å². The summed E-state index contributed by atoms with van der Waals surface area (Å²) in [6.07, 6.45) is -19.4. The Kier molecular flexibility index (Phi) is 8.49. The summed E-state index contributed by atoms with van der Waals surface area (Å²) >= 11 is 0. The van der Waals surface area contributed by atoms with E-state index in [0.717, 1.165) is 18.2 Å². The van der Waals surface area contributed by atoms with Crippen LogP contribution in [0.5, 0.6) is 17.2 Å². The third-order valence-corrected chi connectivity index (χ3v) is 6.94. The molecule has 0 unspecified atom stereocenters. The van der Waals surface area contributed by atoms with E-state index in [1.165, 1.54) is 24.3 Å². The molecular weight excluding hydrogens is 659 g/mol. The van der Waals surface area contributed by atoms with Gasteiger partial charge < -0.3 is 19.5 Å². The zero-order valence-electron chi connectivity index (χ0n) is 23.2. The van der Waals surface area contributed by atoms with Gasteiger partial charge in [0.05, 0.1) is 11.1 Å². The third kappa shape index (κ3) is 7.05. The molecule has 0 saturated heterocycles. The highest BCUT2D eigenvalue weighted by Crippen LogP contribution is 2.45. The van der Waals surface area contributed by atoms with Crippen molar-refractivity contribution in [2.75, 3.05) is 0 Å². The van der Waals surface area contributed by atoms with Crippen LogP contribution in [0.3, 0.4) is 0 Å². The van der Waals surface area contributed by atoms with E-state index in [-0.39, 0.29) is 11.6 Å². The Morgan fingerprint density at radius 1 is 0.809 bits per heavy atom. The topological polar surface area (TPSA) is 56.8 Å². The fraction of sp³-hybridized carbons (Fsp3) is 0.194. The van der Waals surface area contributed by atoms with E-state index in [4.69, 9.17) is 0 Å². The minimum atomic E-state index is -5.24. The lowest BCUT2D eigenvalue weighted by molar-refractivity contribution is -0.286. The van der Waals surface area contributed by atoms with Crippen LogP contribution in [0, 0.1) is 11.6 Å². The van der Waals surface area contributed by atoms with E-state index in [9.17, 15) is 48.7 Å². The molecular formula is C31H18F11NO4. The number of nitrogens with one attached hydrogen (secondary N) is 1. The first-order valence-corrected chi connectivity index (χ1v) is 13.2. The molecule has 4 aromatic rings. The van der Waals surface area contributed by atoms with Crippen molar-refractivity contribution in [1.82, 2.24) is 5.32 Å². The van der Waals surface area contributed by atoms with Gasteiger partial charge >= 0.3 is 25.0 Å². The summed E-state index contributed by atoms with van der Waals surface area (Å²) in [5, 5.41) is 2.41. The highest BCUT2D eigenvalue weighted by molar-refractivity contribution is 5.95. The van der Waals surface area contributed by atoms with Crippen molar-refractivity contribution in [3.8, 4) is 17.2 Å². The molecule has 47 heavy (non-hydrogen) atoms. The molecule has 1 aliphatic rings. The Morgan fingerprint density at radius 3 is 2.15 bits per heavy atom. The lowest BCUT2D eigenvalue weighted by atomic mass is 9.77. The maximum Gasteiger partial charge on any atom is 0.586 e. The lowest BCUT2D eigenvalue weighted by Crippen LogP contribution is -2.48. The third-order valence-electron chi connectivity index (χ3n) is 6.94. The Hall–Kier alpha value is -5.02. The molecule has 1 N–H and O–H groups in total. The Balaban J connectivity index is 1.75. The first-order chi connectivity index (χ1) is 21.9. The Morgan fingerprint density at radius 2 is 1.49 bits per heavy atom. The second-order valence-electron chi connectivity index (χ2n) is 10.2. The molecule has 0 saturated carbocycles. The lowest BCUT2D eigenvalue weighted by Gasteiger charge is -2.37. The SMILES string of the molecule is O=C(N[C@@](Cc1ccccc1)(c1cc(F)cc(OC(F)(F)C(F)F)c1)c1ccc2c(c1)OC(F)(F)O2)c1ccc(F)c(C(F)(F)F)c1. The minimum Gasteiger partial charge on any atom is -0.428 e. The average molecular weight is 677 g/mol. The van der Waals surface area contributed by atoms with Crippen molar-refractivity contribution in [1.29, 1.82) is 0 Å². The molecule has 0 aliphatic carbocycles. The second-order valence-corrected chi connectivity index (χ2v) is 10.2. The number of alkyl halides is 9. The van der Waals surface area contributed by atoms with E-state index in [0.29, 0.717) is 35.9 Å². The van der Waals surface area contributed by atoms with Gasteiger partial charge in [-0.15, -0.1) is 8.78 Å². The number of amides is 1. The molecule has 1 amide bonds. The van der Waals surface area contributed by atoms with Crippen LogP contribution in [0.1, 0.15) is 32.6 Å². The van der Waals surface area contributed by atoms with Crippen LogP contribution >= 0.6 is 0 Å². The van der Waals surface area contributed by atoms with Crippen LogP contribution in [0.2, 0.25) is 0 Å². The van der Waals surface area contributed by atoms with Gasteiger partial charge in [-0.25, -0.2) is 8.78 Å². The summed E-state index contributed by atoms with van der Waals surface area (Å²) in [6.45, 7) is 0. The van der Waals surface area contributed by atoms with Gasteiger partial charge in [-0.2, -0.15) is 30.7 Å². The Labute approximate surface area is 257 Å². The quantitative estimate of drug-likeness (QED) is 0.181. The van der Waals surface area contributed by atoms with Crippen molar-refractivity contribution in [3.63, 3.8) is 0 Å². The zero-order chi connectivity index (χ0) is 34.4. The van der Waals surface area contributed by atoms with E-state index < -0.39 is 88.4 Å². The second kappa shape index (κ2) is 12.0. The summed E-state index contributed by atoms with van der Waals surface area (Å²) in [6, 6.07) is 13.4. The number of ether oxygens (including phenoxy) is 3. The summed E-state index contributed by atoms with van der Waals surface area (Å²) in [7, 11) is 0. The van der Waals surface area contributed by atoms with Gasteiger partial charge in [0.15, 0.2) is 11.5 Å². The van der Waals surface area contributed by atoms with Gasteiger partial charge in [-0.3, -0.25) is 4.79 Å². The van der Waals surface area contributed by atoms with Gasteiger partial charge in [-0.1, -0.05) is 36.4 Å². The number of carbonyl (C=O) groups excluding carboxylic acids is 1. The molecule has 1 atom stereocenters. The maximum atomic E-state index is 15.1. The minimum absolute atomic E-state index is 0.182. The van der Waals surface area contributed by atoms with Crippen LogP contribution in [0.4, 0.5) is 48.3 Å². The smallest absolute Gasteiger partial charge is 0.428 e. The molecule has 0 bridgehead atoms. The molecule has 5 nitrogen and oxygen atoms in total. The van der Waals surface area contributed by atoms with Crippen molar-refractivity contribution < 1.29 is 67.3 Å². The molecule has 16 heteroatoms. The number of hydrogen-bond acceptors (Lipinski definition) is 4. The van der Waals surface area contributed by atoms with Crippen molar-refractivity contribution in [2.45, 2.75) is 37.0 Å². The molecule has 1 aliphatic heterocycles. The molecule has 0 aromatic heterocycles. The molecule has 4 aromatic carbocycles. The maximum absolute atomic E-state index is 15.1. The van der Waals surface area contributed by atoms with Crippen LogP contribution in [-0.4, -0.2) is 24.7 Å². The van der Waals surface area contributed by atoms with Crippen LogP contribution in [0.25, 0.3) is 0 Å². The molecule has 0 spiro atoms. The van der Waals surface area contributed by atoms with Crippen molar-refractivity contribution in [2.24, 2.45) is 0 Å². The van der Waals surface area contributed by atoms with E-state index in [1.807, 2.05) is 0 Å². The molecule has 0 radical (unpaired) electrons. The normalized spacial score (nSPS) is 15.3. The van der Waals surface area contributed by atoms with Crippen LogP contribution < -0.4 is 19.5 Å². The standard InChI is InChI=1S/C31H18F11NO4/c32-20-11-19(12-21(14-20)45-30(39,40)27(34)35)28(15-16-4-2-1-3-5-16,18-7-9-24-25(13-18)47-31(41,42)46-24)43-26(44)17-6-8-23(33)22(10-17)29(36,37)38/h1-14,27H,15H2,(H,43,44)/t28-/m1/s1. The number of halogens is 11. The molecule has 248 valence electrons. The summed E-state index contributed by atoms with van der Waals surface area (Å²) in [4.78, 5) is 13.7. The molecule has 1 heterocycles. The Bertz CT molecular complexity index is 1800. The molecule has 0 fully saturated rings. The van der Waals surface area contributed by atoms with Crippen LogP contribution in [-0.2, 0) is 18.1 Å². The van der Waals surface area contributed by atoms with E-state index in [1.54, 1.807) is 6.07 Å². The number of benzene rings is 4. The number of hydrogen-bond donors (Lipinski definition) is 1. The van der Waals surface area contributed by atoms with Gasteiger partial charge in [0.25, 0.3) is 5.91 Å². The summed E-state index contributed by atoms with van der Waals surface area (Å²) in [5.74, 6) is -6.70. The van der Waals surface area contributed by atoms with E-state index in [2.05, 4.69) is 19.5 Å². The number of carbonyl (C=O) groups is 1. The number of fused-ring (bicyclic) bond motifs is 1. The van der Waals surface area contributed by atoms with Gasteiger partial charge in [0, 0.05) is 18.1 Å². The fourth-order valence-corrected chi connectivity index (χ4v) is 4.90. The summed E-state index contributed by atoms with van der Waals surface area (Å²) in [5.41, 5.74) is -5.35. The highest BCUT2D eigenvalue weighted by atomic mass is 19.4. The summed E-state index contributed by atoms with van der Waals surface area (Å²) < 4.78 is 164. The predicted octanol–water partition coefficient (Wildman–Crippen LogP) is 8.46. The monoisotopic (exact) mass is 677 g/mol. The predicted molar refractivity (Wildman–Crippen MR) is 140 cm³/mol. The van der Waals surface area contributed by atoms with Gasteiger partial charge in [-0.05, 0) is 59.2 Å². The zero-order valence-corrected chi connectivity index (χ0v) is 23.2. The van der Waals surface area contributed by atoms with E-state index >= 15 is 4.39 Å². The largest absolute Gasteiger partial charge is 0.586 e. The molecule has 5 rings (SSSR count). The number of rotatable bonds is 9. The fourth-order valence-electron chi connectivity index (χ4n) is 4.90.